The van der Waals surface area contributed by atoms with Crippen molar-refractivity contribution < 1.29 is 0 Å². The molecule has 0 aromatic carbocycles. The van der Waals surface area contributed by atoms with Crippen molar-refractivity contribution in [2.75, 3.05) is 12.8 Å². The van der Waals surface area contributed by atoms with Gasteiger partial charge < -0.3 is 16.0 Å². The van der Waals surface area contributed by atoms with Gasteiger partial charge in [-0.05, 0) is 0 Å². The minimum Gasteiger partial charge on any atom is -0.437 e. The van der Waals surface area contributed by atoms with E-state index in [9.17, 15) is 0 Å². The molecule has 3 heteroatoms. The Balaban J connectivity index is 4.15. The number of nitrogens with zero attached hydrogens (tertiary/aromatic N) is 1. The molecule has 0 fully saturated rings. The molecule has 0 amide bonds. The zero-order valence-corrected chi connectivity index (χ0v) is 8.95. The molecule has 0 heterocycles. The second-order valence-electron chi connectivity index (χ2n) is 2.50. The molecule has 0 aliphatic rings. The SMILES string of the molecule is C#[S-](CC)[C@@H](C#[N+]NC)CCC. The van der Waals surface area contributed by atoms with Crippen LogP contribution in [0.1, 0.15) is 26.7 Å². The molecule has 0 rings (SSSR count). The normalized spacial score (nSPS) is 11.9. The van der Waals surface area contributed by atoms with Gasteiger partial charge >= 0.3 is 0 Å². The lowest BCUT2D eigenvalue weighted by molar-refractivity contribution is 0.835. The Morgan fingerprint density at radius 1 is 1.58 bits per heavy atom. The van der Waals surface area contributed by atoms with Gasteiger partial charge in [-0.2, -0.15) is 0 Å². The summed E-state index contributed by atoms with van der Waals surface area (Å²) >= 11 is 0. The lowest BCUT2D eigenvalue weighted by Gasteiger charge is -2.17. The predicted molar refractivity (Wildman–Crippen MR) is 57.9 cm³/mol. The van der Waals surface area contributed by atoms with E-state index in [2.05, 4.69) is 30.3 Å². The van der Waals surface area contributed by atoms with E-state index in [0.717, 1.165) is 18.6 Å². The summed E-state index contributed by atoms with van der Waals surface area (Å²) in [5.74, 6) is 1.01. The Morgan fingerprint density at radius 2 is 2.25 bits per heavy atom. The Bertz CT molecular complexity index is 228. The van der Waals surface area contributed by atoms with Gasteiger partial charge in [-0.3, -0.25) is 0 Å². The van der Waals surface area contributed by atoms with Crippen LogP contribution >= 0.6 is 0 Å². The average Bonchev–Trinajstić information content (AvgIpc) is 2.11. The highest BCUT2D eigenvalue weighted by Crippen LogP contribution is 2.03. The van der Waals surface area contributed by atoms with Crippen LogP contribution in [0.2, 0.25) is 0 Å². The number of nitrogens with one attached hydrogen (secondary N) is 1. The van der Waals surface area contributed by atoms with Crippen LogP contribution < -0.4 is 5.43 Å². The van der Waals surface area contributed by atoms with E-state index >= 15 is 0 Å². The van der Waals surface area contributed by atoms with Gasteiger partial charge in [0.2, 0.25) is 0 Å². The largest absolute Gasteiger partial charge is 0.437 e. The fourth-order valence-electron chi connectivity index (χ4n) is 0.884. The fourth-order valence-corrected chi connectivity index (χ4v) is 2.01. The van der Waals surface area contributed by atoms with Gasteiger partial charge in [0.05, 0.1) is 12.0 Å². The van der Waals surface area contributed by atoms with Crippen molar-refractivity contribution in [1.82, 2.24) is 5.43 Å². The summed E-state index contributed by atoms with van der Waals surface area (Å²) in [6.45, 7) is 4.26. The summed E-state index contributed by atoms with van der Waals surface area (Å²) in [6, 6.07) is 3.02. The van der Waals surface area contributed by atoms with Gasteiger partial charge in [-0.25, -0.2) is 0 Å². The highest BCUT2D eigenvalue weighted by atomic mass is 32.2. The van der Waals surface area contributed by atoms with Crippen molar-refractivity contribution in [3.05, 3.63) is 4.95 Å². The van der Waals surface area contributed by atoms with Gasteiger partial charge in [0.15, 0.2) is 0 Å². The lowest BCUT2D eigenvalue weighted by atomic mass is 10.3. The van der Waals surface area contributed by atoms with Crippen LogP contribution in [0.15, 0.2) is 0 Å². The third-order valence-electron chi connectivity index (χ3n) is 1.57. The molecule has 0 saturated heterocycles. The Morgan fingerprint density at radius 3 is 2.67 bits per heavy atom. The van der Waals surface area contributed by atoms with E-state index in [0.29, 0.717) is 5.25 Å². The molecule has 0 radical (unpaired) electrons. The molecule has 0 bridgehead atoms. The fraction of sp³-hybridized carbons (Fsp3) is 0.778. The van der Waals surface area contributed by atoms with Gasteiger partial charge in [-0.15, -0.1) is 5.75 Å². The first-order valence-corrected chi connectivity index (χ1v) is 5.84. The highest BCUT2D eigenvalue weighted by molar-refractivity contribution is 7.87. The van der Waals surface area contributed by atoms with E-state index < -0.39 is 0 Å². The van der Waals surface area contributed by atoms with Crippen LogP contribution in [0.3, 0.4) is 0 Å². The summed E-state index contributed by atoms with van der Waals surface area (Å²) in [4.78, 5) is 3.89. The van der Waals surface area contributed by atoms with Crippen molar-refractivity contribution in [2.24, 2.45) is 0 Å². The first kappa shape index (κ1) is 11.4. The van der Waals surface area contributed by atoms with Crippen LogP contribution in [0.5, 0.6) is 0 Å². The van der Waals surface area contributed by atoms with Gasteiger partial charge in [-0.1, -0.05) is 32.1 Å². The van der Waals surface area contributed by atoms with E-state index in [1.807, 2.05) is 0 Å². The molecule has 12 heavy (non-hydrogen) atoms. The highest BCUT2D eigenvalue weighted by Gasteiger charge is 2.01. The zero-order chi connectivity index (χ0) is 9.40. The molecule has 0 unspecified atom stereocenters. The lowest BCUT2D eigenvalue weighted by Crippen LogP contribution is -2.11. The molecule has 0 aliphatic heterocycles. The van der Waals surface area contributed by atoms with Crippen LogP contribution in [-0.2, 0) is 10.3 Å². The average molecular weight is 186 g/mol. The van der Waals surface area contributed by atoms with E-state index in [1.54, 1.807) is 7.05 Å². The number of hydrogen-bond acceptors (Lipinski definition) is 2. The molecule has 0 aromatic heterocycles. The second-order valence-corrected chi connectivity index (χ2v) is 4.59. The van der Waals surface area contributed by atoms with E-state index in [4.69, 9.17) is 5.69 Å². The number of rotatable bonds is 2. The maximum absolute atomic E-state index is 5.92. The minimum absolute atomic E-state index is 0.0610. The van der Waals surface area contributed by atoms with Crippen molar-refractivity contribution >= 4 is 10.3 Å². The maximum Gasteiger partial charge on any atom is 0.299 e. The second kappa shape index (κ2) is 7.09. The molecule has 1 N–H and O–H groups in total. The van der Waals surface area contributed by atoms with Crippen LogP contribution in [0, 0.1) is 11.8 Å². The first-order chi connectivity index (χ1) is 5.76. The molecular formula is C9H18N2S. The zero-order valence-electron chi connectivity index (χ0n) is 8.13. The summed E-state index contributed by atoms with van der Waals surface area (Å²) in [7, 11) is 1.71. The quantitative estimate of drug-likeness (QED) is 0.514. The maximum atomic E-state index is 5.92. The molecule has 1 atom stereocenters. The smallest absolute Gasteiger partial charge is 0.299 e. The minimum atomic E-state index is -0.0610. The van der Waals surface area contributed by atoms with Crippen LogP contribution in [0.4, 0.5) is 0 Å². The molecule has 2 nitrogen and oxygen atoms in total. The van der Waals surface area contributed by atoms with Gasteiger partial charge in [0.1, 0.15) is 0 Å². The first-order valence-electron chi connectivity index (χ1n) is 4.32. The molecule has 0 aromatic rings. The number of hydrogen-bond donors (Lipinski definition) is 1. The third-order valence-corrected chi connectivity index (χ3v) is 3.31. The van der Waals surface area contributed by atoms with Crippen molar-refractivity contribution in [3.63, 3.8) is 0 Å². The van der Waals surface area contributed by atoms with Crippen LogP contribution in [0.25, 0.3) is 4.95 Å². The molecular weight excluding hydrogens is 168 g/mol. The van der Waals surface area contributed by atoms with Gasteiger partial charge in [0, 0.05) is 5.25 Å². The van der Waals surface area contributed by atoms with Crippen LogP contribution in [-0.4, -0.2) is 18.1 Å². The topological polar surface area (TPSA) is 16.4 Å². The molecule has 70 valence electrons. The van der Waals surface area contributed by atoms with Gasteiger partial charge in [0.25, 0.3) is 6.07 Å². The Hall–Kier alpha value is -0.580. The molecule has 0 spiro atoms. The molecule has 0 aliphatic carbocycles. The summed E-state index contributed by atoms with van der Waals surface area (Å²) in [5, 5.41) is 0.326. The van der Waals surface area contributed by atoms with Crippen molar-refractivity contribution in [1.29, 1.82) is 0 Å². The standard InChI is InChI=1S/C9H18N2S/c1-5-7-9(8-11-10-3)12(4)6-2/h4,9-10H,5-7H2,1-3H3/t9-/m1/s1. The van der Waals surface area contributed by atoms with E-state index in [1.165, 1.54) is 0 Å². The summed E-state index contributed by atoms with van der Waals surface area (Å²) < 4.78 is 0. The van der Waals surface area contributed by atoms with E-state index in [-0.39, 0.29) is 10.3 Å². The van der Waals surface area contributed by atoms with Crippen molar-refractivity contribution in [3.8, 4) is 11.8 Å². The summed E-state index contributed by atoms with van der Waals surface area (Å²) in [5.41, 5.74) is 8.62. The third kappa shape index (κ3) is 4.33. The van der Waals surface area contributed by atoms with Crippen molar-refractivity contribution in [2.45, 2.75) is 31.9 Å². The molecule has 0 saturated carbocycles. The Kier molecular flexibility index (Phi) is 6.75. The predicted octanol–water partition coefficient (Wildman–Crippen LogP) is 1.85. The monoisotopic (exact) mass is 186 g/mol. The Labute approximate surface area is 77.7 Å². The summed E-state index contributed by atoms with van der Waals surface area (Å²) in [6.07, 6.45) is 2.22.